The Morgan fingerprint density at radius 2 is 2.25 bits per heavy atom. The van der Waals surface area contributed by atoms with Gasteiger partial charge < -0.3 is 4.98 Å². The van der Waals surface area contributed by atoms with Crippen LogP contribution in [0.1, 0.15) is 5.56 Å². The van der Waals surface area contributed by atoms with Crippen LogP contribution in [-0.4, -0.2) is 4.98 Å². The number of aryl methyl sites for hydroxylation is 1. The predicted molar refractivity (Wildman–Crippen MR) is 48.5 cm³/mol. The van der Waals surface area contributed by atoms with Crippen LogP contribution in [0.15, 0.2) is 29.6 Å². The Morgan fingerprint density at radius 3 is 3.00 bits per heavy atom. The fourth-order valence-electron chi connectivity index (χ4n) is 1.37. The number of aromatic amines is 1. The minimum absolute atomic E-state index is 0.480. The summed E-state index contributed by atoms with van der Waals surface area (Å²) in [4.78, 5) is 13.3. The van der Waals surface area contributed by atoms with Gasteiger partial charge in [0.2, 0.25) is 0 Å². The Kier molecular flexibility index (Phi) is 1.43. The van der Waals surface area contributed by atoms with E-state index in [9.17, 15) is 4.91 Å². The molecule has 0 saturated carbocycles. The molecule has 0 unspecified atom stereocenters. The van der Waals surface area contributed by atoms with Crippen molar-refractivity contribution in [2.24, 2.45) is 5.18 Å². The van der Waals surface area contributed by atoms with E-state index in [0.717, 1.165) is 16.5 Å². The van der Waals surface area contributed by atoms with E-state index in [1.54, 1.807) is 6.20 Å². The first-order valence-electron chi connectivity index (χ1n) is 3.73. The van der Waals surface area contributed by atoms with Crippen molar-refractivity contribution < 1.29 is 0 Å². The highest BCUT2D eigenvalue weighted by atomic mass is 16.3. The number of aromatic nitrogens is 1. The molecule has 3 nitrogen and oxygen atoms in total. The maximum atomic E-state index is 10.3. The maximum Gasteiger partial charge on any atom is 0.133 e. The van der Waals surface area contributed by atoms with Gasteiger partial charge in [0.15, 0.2) is 0 Å². The lowest BCUT2D eigenvalue weighted by atomic mass is 10.1. The first kappa shape index (κ1) is 7.03. The highest BCUT2D eigenvalue weighted by molar-refractivity contribution is 5.92. The van der Waals surface area contributed by atoms with E-state index in [-0.39, 0.29) is 0 Å². The molecular weight excluding hydrogens is 152 g/mol. The van der Waals surface area contributed by atoms with Crippen LogP contribution in [0.4, 0.5) is 5.69 Å². The van der Waals surface area contributed by atoms with Gasteiger partial charge in [-0.05, 0) is 17.7 Å². The van der Waals surface area contributed by atoms with Crippen molar-refractivity contribution in [1.29, 1.82) is 0 Å². The van der Waals surface area contributed by atoms with Crippen LogP contribution in [0.5, 0.6) is 0 Å². The molecule has 12 heavy (non-hydrogen) atoms. The molecule has 0 aliphatic rings. The van der Waals surface area contributed by atoms with Crippen LogP contribution in [0.25, 0.3) is 10.9 Å². The number of nitrogens with zero attached hydrogens (tertiary/aromatic N) is 1. The normalized spacial score (nSPS) is 10.4. The molecule has 0 spiro atoms. The summed E-state index contributed by atoms with van der Waals surface area (Å²) in [5.41, 5.74) is 2.60. The summed E-state index contributed by atoms with van der Waals surface area (Å²) < 4.78 is 0. The van der Waals surface area contributed by atoms with Crippen molar-refractivity contribution in [3.8, 4) is 0 Å². The third-order valence-corrected chi connectivity index (χ3v) is 2.00. The molecule has 1 aromatic heterocycles. The van der Waals surface area contributed by atoms with E-state index < -0.39 is 0 Å². The number of nitroso groups, excluding NO2 is 1. The van der Waals surface area contributed by atoms with E-state index in [0.29, 0.717) is 5.69 Å². The van der Waals surface area contributed by atoms with Gasteiger partial charge in [-0.2, -0.15) is 0 Å². The number of benzene rings is 1. The zero-order valence-electron chi connectivity index (χ0n) is 6.66. The summed E-state index contributed by atoms with van der Waals surface area (Å²) in [5, 5.41) is 3.81. The van der Waals surface area contributed by atoms with Crippen LogP contribution in [0.2, 0.25) is 0 Å². The maximum absolute atomic E-state index is 10.3. The smallest absolute Gasteiger partial charge is 0.133 e. The van der Waals surface area contributed by atoms with Crippen molar-refractivity contribution in [2.75, 3.05) is 0 Å². The molecule has 0 aliphatic carbocycles. The van der Waals surface area contributed by atoms with Gasteiger partial charge in [-0.25, -0.2) is 0 Å². The molecule has 0 bridgehead atoms. The van der Waals surface area contributed by atoms with Crippen molar-refractivity contribution in [1.82, 2.24) is 4.98 Å². The molecule has 3 heteroatoms. The lowest BCUT2D eigenvalue weighted by molar-refractivity contribution is 1.41. The Bertz CT molecular complexity index is 431. The zero-order valence-corrected chi connectivity index (χ0v) is 6.66. The van der Waals surface area contributed by atoms with Crippen molar-refractivity contribution in [3.05, 3.63) is 34.9 Å². The molecule has 2 aromatic rings. The van der Waals surface area contributed by atoms with Crippen LogP contribution >= 0.6 is 0 Å². The second-order valence-corrected chi connectivity index (χ2v) is 2.76. The van der Waals surface area contributed by atoms with Gasteiger partial charge in [0.1, 0.15) is 5.69 Å². The predicted octanol–water partition coefficient (Wildman–Crippen LogP) is 2.87. The monoisotopic (exact) mass is 160 g/mol. The Hall–Kier alpha value is -1.64. The average molecular weight is 160 g/mol. The topological polar surface area (TPSA) is 45.2 Å². The van der Waals surface area contributed by atoms with E-state index in [1.807, 2.05) is 25.1 Å². The molecule has 0 aliphatic heterocycles. The minimum Gasteiger partial charge on any atom is -0.359 e. The van der Waals surface area contributed by atoms with E-state index in [2.05, 4.69) is 10.2 Å². The summed E-state index contributed by atoms with van der Waals surface area (Å²) in [6.07, 6.45) is 1.63. The fourth-order valence-corrected chi connectivity index (χ4v) is 1.37. The Labute approximate surface area is 69.4 Å². The molecule has 0 fully saturated rings. The van der Waals surface area contributed by atoms with E-state index in [1.165, 1.54) is 0 Å². The second kappa shape index (κ2) is 2.44. The molecular formula is C9H8N2O. The van der Waals surface area contributed by atoms with Gasteiger partial charge in [-0.3, -0.25) is 0 Å². The lowest BCUT2D eigenvalue weighted by Crippen LogP contribution is -1.73. The summed E-state index contributed by atoms with van der Waals surface area (Å²) in [7, 11) is 0. The number of hydrogen-bond donors (Lipinski definition) is 1. The molecule has 0 radical (unpaired) electrons. The molecule has 0 saturated heterocycles. The number of nitrogens with one attached hydrogen (secondary N) is 1. The van der Waals surface area contributed by atoms with Crippen molar-refractivity contribution in [2.45, 2.75) is 6.92 Å². The highest BCUT2D eigenvalue weighted by Gasteiger charge is 2.03. The van der Waals surface area contributed by atoms with E-state index >= 15 is 0 Å². The molecule has 2 rings (SSSR count). The summed E-state index contributed by atoms with van der Waals surface area (Å²) in [6, 6.07) is 5.79. The molecule has 0 amide bonds. The Morgan fingerprint density at radius 1 is 1.42 bits per heavy atom. The lowest BCUT2D eigenvalue weighted by Gasteiger charge is -1.93. The second-order valence-electron chi connectivity index (χ2n) is 2.76. The SMILES string of the molecule is Cc1cccc2c(N=O)c[nH]c12. The van der Waals surface area contributed by atoms with Crippen LogP contribution in [-0.2, 0) is 0 Å². The van der Waals surface area contributed by atoms with Gasteiger partial charge in [0.25, 0.3) is 0 Å². The van der Waals surface area contributed by atoms with Crippen LogP contribution < -0.4 is 0 Å². The van der Waals surface area contributed by atoms with Gasteiger partial charge in [-0.1, -0.05) is 18.2 Å². The highest BCUT2D eigenvalue weighted by Crippen LogP contribution is 2.26. The summed E-state index contributed by atoms with van der Waals surface area (Å²) >= 11 is 0. The Balaban J connectivity index is 2.88. The van der Waals surface area contributed by atoms with Gasteiger partial charge in [0.05, 0.1) is 5.52 Å². The van der Waals surface area contributed by atoms with E-state index in [4.69, 9.17) is 0 Å². The van der Waals surface area contributed by atoms with Crippen LogP contribution in [0.3, 0.4) is 0 Å². The molecule has 60 valence electrons. The van der Waals surface area contributed by atoms with Crippen molar-refractivity contribution >= 4 is 16.6 Å². The number of fused-ring (bicyclic) bond motifs is 1. The largest absolute Gasteiger partial charge is 0.359 e. The number of rotatable bonds is 1. The first-order valence-corrected chi connectivity index (χ1v) is 3.73. The fraction of sp³-hybridized carbons (Fsp3) is 0.111. The molecule has 1 heterocycles. The first-order chi connectivity index (χ1) is 5.83. The van der Waals surface area contributed by atoms with Crippen molar-refractivity contribution in [3.63, 3.8) is 0 Å². The summed E-state index contributed by atoms with van der Waals surface area (Å²) in [6.45, 7) is 1.99. The van der Waals surface area contributed by atoms with Crippen LogP contribution in [0, 0.1) is 11.8 Å². The molecule has 0 atom stereocenters. The number of para-hydroxylation sites is 1. The molecule has 1 aromatic carbocycles. The summed E-state index contributed by atoms with van der Waals surface area (Å²) in [5.74, 6) is 0. The quantitative estimate of drug-likeness (QED) is 0.640. The zero-order chi connectivity index (χ0) is 8.55. The van der Waals surface area contributed by atoms with Gasteiger partial charge in [0, 0.05) is 11.6 Å². The molecule has 1 N–H and O–H groups in total. The third kappa shape index (κ3) is 0.830. The average Bonchev–Trinajstić information content (AvgIpc) is 2.49. The van der Waals surface area contributed by atoms with Gasteiger partial charge >= 0.3 is 0 Å². The standard InChI is InChI=1S/C9H8N2O/c1-6-3-2-4-7-8(11-12)5-10-9(6)7/h2-5,10H,1H3. The minimum atomic E-state index is 0.480. The van der Waals surface area contributed by atoms with Gasteiger partial charge in [-0.15, -0.1) is 4.91 Å². The third-order valence-electron chi connectivity index (χ3n) is 2.00. The number of hydrogen-bond acceptors (Lipinski definition) is 2. The number of H-pyrrole nitrogens is 1.